The lowest BCUT2D eigenvalue weighted by Gasteiger charge is -2.20. The van der Waals surface area contributed by atoms with Crippen LogP contribution in [0.5, 0.6) is 0 Å². The molecular formula is C8H15NO2. The minimum atomic E-state index is 0.222. The second kappa shape index (κ2) is 3.83. The molecule has 0 aromatic carbocycles. The third-order valence-corrected chi connectivity index (χ3v) is 2.00. The summed E-state index contributed by atoms with van der Waals surface area (Å²) in [4.78, 5) is 12.8. The van der Waals surface area contributed by atoms with Gasteiger partial charge in [0.05, 0.1) is 13.2 Å². The van der Waals surface area contributed by atoms with Crippen LogP contribution in [-0.2, 0) is 9.53 Å². The summed E-state index contributed by atoms with van der Waals surface area (Å²) in [7, 11) is 1.97. The molecule has 0 spiro atoms. The molecule has 0 N–H and O–H groups in total. The van der Waals surface area contributed by atoms with E-state index >= 15 is 0 Å². The first-order valence-electron chi connectivity index (χ1n) is 3.97. The fourth-order valence-corrected chi connectivity index (χ4v) is 1.35. The molecule has 1 atom stereocenters. The minimum absolute atomic E-state index is 0.222. The van der Waals surface area contributed by atoms with Gasteiger partial charge in [-0.3, -0.25) is 9.69 Å². The van der Waals surface area contributed by atoms with E-state index in [2.05, 4.69) is 4.90 Å². The fraction of sp³-hybridized carbons (Fsp3) is 0.875. The molecule has 1 saturated heterocycles. The number of carbonyl (C=O) groups excluding carboxylic acids is 1. The van der Waals surface area contributed by atoms with Gasteiger partial charge in [0.1, 0.15) is 5.78 Å². The number of ketones is 1. The number of rotatable bonds is 3. The van der Waals surface area contributed by atoms with Crippen LogP contribution in [0.4, 0.5) is 0 Å². The molecule has 11 heavy (non-hydrogen) atoms. The van der Waals surface area contributed by atoms with E-state index in [1.807, 2.05) is 7.05 Å². The van der Waals surface area contributed by atoms with E-state index < -0.39 is 0 Å². The van der Waals surface area contributed by atoms with Crippen LogP contribution in [0.15, 0.2) is 0 Å². The maximum absolute atomic E-state index is 10.7. The van der Waals surface area contributed by atoms with Crippen molar-refractivity contribution >= 4 is 5.78 Å². The Morgan fingerprint density at radius 2 is 2.45 bits per heavy atom. The van der Waals surface area contributed by atoms with Crippen molar-refractivity contribution in [3.8, 4) is 0 Å². The monoisotopic (exact) mass is 157 g/mol. The van der Waals surface area contributed by atoms with Crippen LogP contribution in [0.25, 0.3) is 0 Å². The maximum atomic E-state index is 10.7. The standard InChI is InChI=1S/C8H15NO2/c1-7(10)5-9(2)8-3-4-11-6-8/h8H,3-6H2,1-2H3. The Kier molecular flexibility index (Phi) is 3.02. The van der Waals surface area contributed by atoms with Gasteiger partial charge in [-0.25, -0.2) is 0 Å². The largest absolute Gasteiger partial charge is 0.380 e. The van der Waals surface area contributed by atoms with E-state index in [1.165, 1.54) is 0 Å². The van der Waals surface area contributed by atoms with Crippen LogP contribution in [0.2, 0.25) is 0 Å². The van der Waals surface area contributed by atoms with Gasteiger partial charge in [0, 0.05) is 12.6 Å². The summed E-state index contributed by atoms with van der Waals surface area (Å²) in [5.41, 5.74) is 0. The average molecular weight is 157 g/mol. The first-order valence-corrected chi connectivity index (χ1v) is 3.97. The molecule has 64 valence electrons. The van der Waals surface area contributed by atoms with Gasteiger partial charge in [-0.1, -0.05) is 0 Å². The molecule has 1 fully saturated rings. The lowest BCUT2D eigenvalue weighted by atomic mass is 10.2. The number of Topliss-reactive ketones (excluding diaryl/α,β-unsaturated/α-hetero) is 1. The molecule has 1 rings (SSSR count). The van der Waals surface area contributed by atoms with Gasteiger partial charge in [-0.2, -0.15) is 0 Å². The molecule has 0 amide bonds. The van der Waals surface area contributed by atoms with Gasteiger partial charge in [-0.15, -0.1) is 0 Å². The molecule has 3 nitrogen and oxygen atoms in total. The van der Waals surface area contributed by atoms with Crippen molar-refractivity contribution in [2.24, 2.45) is 0 Å². The molecule has 0 bridgehead atoms. The molecule has 1 aliphatic heterocycles. The van der Waals surface area contributed by atoms with E-state index in [-0.39, 0.29) is 5.78 Å². The summed E-state index contributed by atoms with van der Waals surface area (Å²) in [6.45, 7) is 3.79. The summed E-state index contributed by atoms with van der Waals surface area (Å²) >= 11 is 0. The van der Waals surface area contributed by atoms with Crippen LogP contribution >= 0.6 is 0 Å². The molecular weight excluding hydrogens is 142 g/mol. The van der Waals surface area contributed by atoms with Crippen LogP contribution in [0.1, 0.15) is 13.3 Å². The van der Waals surface area contributed by atoms with Crippen molar-refractivity contribution in [1.29, 1.82) is 0 Å². The summed E-state index contributed by atoms with van der Waals surface area (Å²) in [6, 6.07) is 0.457. The molecule has 1 heterocycles. The highest BCUT2D eigenvalue weighted by Crippen LogP contribution is 2.09. The lowest BCUT2D eigenvalue weighted by molar-refractivity contribution is -0.118. The predicted octanol–water partition coefficient (Wildman–Crippen LogP) is 0.296. The van der Waals surface area contributed by atoms with Crippen LogP contribution in [0.3, 0.4) is 0 Å². The Bertz CT molecular complexity index is 141. The average Bonchev–Trinajstić information content (AvgIpc) is 2.35. The van der Waals surface area contributed by atoms with Crippen molar-refractivity contribution in [1.82, 2.24) is 4.90 Å². The number of hydrogen-bond acceptors (Lipinski definition) is 3. The number of likely N-dealkylation sites (N-methyl/N-ethyl adjacent to an activating group) is 1. The smallest absolute Gasteiger partial charge is 0.143 e. The van der Waals surface area contributed by atoms with Gasteiger partial charge >= 0.3 is 0 Å². The van der Waals surface area contributed by atoms with Crippen molar-refractivity contribution in [3.63, 3.8) is 0 Å². The van der Waals surface area contributed by atoms with Gasteiger partial charge in [0.25, 0.3) is 0 Å². The molecule has 0 radical (unpaired) electrons. The first-order chi connectivity index (χ1) is 5.20. The Morgan fingerprint density at radius 3 is 2.91 bits per heavy atom. The topological polar surface area (TPSA) is 29.5 Å². The summed E-state index contributed by atoms with van der Waals surface area (Å²) < 4.78 is 5.21. The number of hydrogen-bond donors (Lipinski definition) is 0. The van der Waals surface area contributed by atoms with Crippen molar-refractivity contribution in [3.05, 3.63) is 0 Å². The summed E-state index contributed by atoms with van der Waals surface area (Å²) in [6.07, 6.45) is 1.06. The van der Waals surface area contributed by atoms with Crippen LogP contribution in [0, 0.1) is 0 Å². The number of carbonyl (C=O) groups is 1. The lowest BCUT2D eigenvalue weighted by Crippen LogP contribution is -2.35. The fourth-order valence-electron chi connectivity index (χ4n) is 1.35. The van der Waals surface area contributed by atoms with E-state index in [0.717, 1.165) is 19.6 Å². The zero-order valence-corrected chi connectivity index (χ0v) is 7.17. The highest BCUT2D eigenvalue weighted by molar-refractivity contribution is 5.77. The van der Waals surface area contributed by atoms with E-state index in [9.17, 15) is 4.79 Å². The molecule has 0 saturated carbocycles. The van der Waals surface area contributed by atoms with Crippen molar-refractivity contribution < 1.29 is 9.53 Å². The van der Waals surface area contributed by atoms with Gasteiger partial charge < -0.3 is 4.74 Å². The minimum Gasteiger partial charge on any atom is -0.380 e. The molecule has 0 aromatic heterocycles. The van der Waals surface area contributed by atoms with E-state index in [4.69, 9.17) is 4.74 Å². The number of nitrogens with zero attached hydrogens (tertiary/aromatic N) is 1. The number of ether oxygens (including phenoxy) is 1. The van der Waals surface area contributed by atoms with Crippen LogP contribution < -0.4 is 0 Å². The zero-order chi connectivity index (χ0) is 8.27. The third kappa shape index (κ3) is 2.60. The predicted molar refractivity (Wildman–Crippen MR) is 42.5 cm³/mol. The normalized spacial score (nSPS) is 24.5. The van der Waals surface area contributed by atoms with Gasteiger partial charge in [0.2, 0.25) is 0 Å². The van der Waals surface area contributed by atoms with E-state index in [0.29, 0.717) is 12.6 Å². The second-order valence-electron chi connectivity index (χ2n) is 3.13. The molecule has 0 aliphatic carbocycles. The summed E-state index contributed by atoms with van der Waals surface area (Å²) in [5.74, 6) is 0.222. The second-order valence-corrected chi connectivity index (χ2v) is 3.13. The van der Waals surface area contributed by atoms with Gasteiger partial charge in [0.15, 0.2) is 0 Å². The molecule has 1 aliphatic rings. The Labute approximate surface area is 67.3 Å². The van der Waals surface area contributed by atoms with E-state index in [1.54, 1.807) is 6.92 Å². The Hall–Kier alpha value is -0.410. The zero-order valence-electron chi connectivity index (χ0n) is 7.17. The highest BCUT2D eigenvalue weighted by Gasteiger charge is 2.20. The Morgan fingerprint density at radius 1 is 1.73 bits per heavy atom. The van der Waals surface area contributed by atoms with Crippen molar-refractivity contribution in [2.75, 3.05) is 26.8 Å². The van der Waals surface area contributed by atoms with Crippen molar-refractivity contribution in [2.45, 2.75) is 19.4 Å². The maximum Gasteiger partial charge on any atom is 0.143 e. The molecule has 3 heteroatoms. The van der Waals surface area contributed by atoms with Crippen LogP contribution in [-0.4, -0.2) is 43.5 Å². The third-order valence-electron chi connectivity index (χ3n) is 2.00. The quantitative estimate of drug-likeness (QED) is 0.590. The highest BCUT2D eigenvalue weighted by atomic mass is 16.5. The van der Waals surface area contributed by atoms with Gasteiger partial charge in [-0.05, 0) is 20.4 Å². The summed E-state index contributed by atoms with van der Waals surface area (Å²) in [5, 5.41) is 0. The molecule has 1 unspecified atom stereocenters. The Balaban J connectivity index is 2.28. The first kappa shape index (κ1) is 8.68. The SMILES string of the molecule is CC(=O)CN(C)C1CCOC1. The molecule has 0 aromatic rings.